The van der Waals surface area contributed by atoms with Crippen LogP contribution in [0.5, 0.6) is 5.75 Å². The van der Waals surface area contributed by atoms with E-state index in [2.05, 4.69) is 28.9 Å². The summed E-state index contributed by atoms with van der Waals surface area (Å²) >= 11 is 5.32. The molecular formula is C15H19BrO3S. The molecule has 0 N–H and O–H groups in total. The van der Waals surface area contributed by atoms with Crippen molar-refractivity contribution in [2.24, 2.45) is 5.41 Å². The quantitative estimate of drug-likeness (QED) is 0.735. The Morgan fingerprint density at radius 3 is 2.75 bits per heavy atom. The van der Waals surface area contributed by atoms with Crippen molar-refractivity contribution < 1.29 is 14.3 Å². The molecule has 0 saturated heterocycles. The largest absolute Gasteiger partial charge is 0.496 e. The van der Waals surface area contributed by atoms with Gasteiger partial charge in [-0.05, 0) is 36.5 Å². The number of esters is 1. The summed E-state index contributed by atoms with van der Waals surface area (Å²) in [6.45, 7) is 2.15. The van der Waals surface area contributed by atoms with Crippen LogP contribution >= 0.6 is 27.7 Å². The molecule has 5 heteroatoms. The molecule has 1 aliphatic carbocycles. The van der Waals surface area contributed by atoms with Crippen LogP contribution in [-0.2, 0) is 9.53 Å². The molecule has 3 nitrogen and oxygen atoms in total. The van der Waals surface area contributed by atoms with Crippen molar-refractivity contribution in [1.82, 2.24) is 0 Å². The number of benzene rings is 1. The van der Waals surface area contributed by atoms with E-state index in [9.17, 15) is 4.79 Å². The maximum Gasteiger partial charge on any atom is 0.306 e. The Bertz CT molecular complexity index is 498. The maximum atomic E-state index is 11.4. The number of carbonyl (C=O) groups excluding carboxylic acids is 1. The van der Waals surface area contributed by atoms with Gasteiger partial charge in [-0.2, -0.15) is 0 Å². The molecule has 0 aliphatic heterocycles. The molecule has 1 aliphatic rings. The van der Waals surface area contributed by atoms with Crippen LogP contribution in [0.4, 0.5) is 0 Å². The molecule has 1 aromatic rings. The van der Waals surface area contributed by atoms with Crippen molar-refractivity contribution in [2.75, 3.05) is 14.2 Å². The average Bonchev–Trinajstić information content (AvgIpc) is 2.37. The highest BCUT2D eigenvalue weighted by molar-refractivity contribution is 9.10. The van der Waals surface area contributed by atoms with E-state index in [1.54, 1.807) is 7.11 Å². The lowest BCUT2D eigenvalue weighted by molar-refractivity contribution is -0.144. The number of rotatable bonds is 5. The zero-order chi connectivity index (χ0) is 14.8. The summed E-state index contributed by atoms with van der Waals surface area (Å²) in [5.74, 6) is 0.788. The van der Waals surface area contributed by atoms with Gasteiger partial charge in [0.25, 0.3) is 0 Å². The first-order valence-electron chi connectivity index (χ1n) is 6.53. The molecule has 2 rings (SSSR count). The minimum Gasteiger partial charge on any atom is -0.496 e. The van der Waals surface area contributed by atoms with Crippen LogP contribution in [0.3, 0.4) is 0 Å². The zero-order valence-electron chi connectivity index (χ0n) is 11.9. The second kappa shape index (κ2) is 6.39. The van der Waals surface area contributed by atoms with E-state index in [1.807, 2.05) is 23.9 Å². The SMILES string of the molecule is COC(=O)C[C@]1(C)C[C@H](Sc2cc(Br)ccc2OC)C1. The van der Waals surface area contributed by atoms with E-state index in [0.29, 0.717) is 11.7 Å². The molecule has 0 bridgehead atoms. The van der Waals surface area contributed by atoms with Crippen molar-refractivity contribution in [3.05, 3.63) is 22.7 Å². The smallest absolute Gasteiger partial charge is 0.306 e. The number of carbonyl (C=O) groups is 1. The standard InChI is InChI=1S/C15H19BrO3S/c1-15(9-14(17)19-3)7-11(8-15)20-13-6-10(16)4-5-12(13)18-2/h4-6,11H,7-9H2,1-3H3/t11-,15+. The predicted molar refractivity (Wildman–Crippen MR) is 84.3 cm³/mol. The summed E-state index contributed by atoms with van der Waals surface area (Å²) in [6.07, 6.45) is 2.57. The molecule has 0 heterocycles. The summed E-state index contributed by atoms with van der Waals surface area (Å²) in [7, 11) is 3.14. The number of thioether (sulfide) groups is 1. The molecule has 0 radical (unpaired) electrons. The molecule has 0 spiro atoms. The Kier molecular flexibility index (Phi) is 5.02. The second-order valence-corrected chi connectivity index (χ2v) is 7.76. The van der Waals surface area contributed by atoms with Gasteiger partial charge in [-0.25, -0.2) is 0 Å². The minimum atomic E-state index is -0.115. The van der Waals surface area contributed by atoms with E-state index < -0.39 is 0 Å². The molecule has 0 amide bonds. The van der Waals surface area contributed by atoms with Crippen LogP contribution < -0.4 is 4.74 Å². The maximum absolute atomic E-state index is 11.4. The van der Waals surface area contributed by atoms with Gasteiger partial charge in [0.15, 0.2) is 0 Å². The van der Waals surface area contributed by atoms with Crippen LogP contribution in [-0.4, -0.2) is 25.4 Å². The predicted octanol–water partition coefficient (Wildman–Crippen LogP) is 4.28. The highest BCUT2D eigenvalue weighted by Crippen LogP contribution is 2.52. The van der Waals surface area contributed by atoms with E-state index in [-0.39, 0.29) is 11.4 Å². The molecule has 1 saturated carbocycles. The fourth-order valence-corrected chi connectivity index (χ4v) is 4.92. The third-order valence-electron chi connectivity index (χ3n) is 3.66. The summed E-state index contributed by atoms with van der Waals surface area (Å²) in [5.41, 5.74) is 0.0873. The molecule has 0 unspecified atom stereocenters. The van der Waals surface area contributed by atoms with Crippen molar-refractivity contribution in [1.29, 1.82) is 0 Å². The van der Waals surface area contributed by atoms with Gasteiger partial charge in [0, 0.05) is 9.72 Å². The monoisotopic (exact) mass is 358 g/mol. The topological polar surface area (TPSA) is 35.5 Å². The normalized spacial score (nSPS) is 24.9. The number of halogens is 1. The van der Waals surface area contributed by atoms with Crippen molar-refractivity contribution in [3.63, 3.8) is 0 Å². The highest BCUT2D eigenvalue weighted by atomic mass is 79.9. The molecule has 1 aromatic carbocycles. The van der Waals surface area contributed by atoms with Crippen molar-refractivity contribution >= 4 is 33.7 Å². The molecule has 0 aromatic heterocycles. The van der Waals surface area contributed by atoms with E-state index in [0.717, 1.165) is 28.0 Å². The Morgan fingerprint density at radius 1 is 1.45 bits per heavy atom. The Labute approximate surface area is 132 Å². The van der Waals surface area contributed by atoms with Gasteiger partial charge in [0.2, 0.25) is 0 Å². The van der Waals surface area contributed by atoms with Crippen LogP contribution in [0.1, 0.15) is 26.2 Å². The van der Waals surface area contributed by atoms with Crippen molar-refractivity contribution in [3.8, 4) is 5.75 Å². The van der Waals surface area contributed by atoms with Crippen molar-refractivity contribution in [2.45, 2.75) is 36.3 Å². The van der Waals surface area contributed by atoms with Crippen LogP contribution in [0.15, 0.2) is 27.6 Å². The fourth-order valence-electron chi connectivity index (χ4n) is 2.61. The van der Waals surface area contributed by atoms with Gasteiger partial charge in [-0.1, -0.05) is 22.9 Å². The lowest BCUT2D eigenvalue weighted by Crippen LogP contribution is -2.38. The van der Waals surface area contributed by atoms with Gasteiger partial charge in [-0.3, -0.25) is 4.79 Å². The third-order valence-corrected chi connectivity index (χ3v) is 5.39. The Balaban J connectivity index is 1.94. The molecule has 20 heavy (non-hydrogen) atoms. The third kappa shape index (κ3) is 3.70. The summed E-state index contributed by atoms with van der Waals surface area (Å²) in [6, 6.07) is 6.03. The molecule has 110 valence electrons. The molecular weight excluding hydrogens is 340 g/mol. The van der Waals surface area contributed by atoms with E-state index in [1.165, 1.54) is 7.11 Å². The van der Waals surface area contributed by atoms with Gasteiger partial charge < -0.3 is 9.47 Å². The lowest BCUT2D eigenvalue weighted by Gasteiger charge is -2.44. The summed E-state index contributed by atoms with van der Waals surface area (Å²) < 4.78 is 11.2. The van der Waals surface area contributed by atoms with E-state index >= 15 is 0 Å². The van der Waals surface area contributed by atoms with Gasteiger partial charge >= 0.3 is 5.97 Å². The zero-order valence-corrected chi connectivity index (χ0v) is 14.3. The number of hydrogen-bond donors (Lipinski definition) is 0. The number of methoxy groups -OCH3 is 2. The average molecular weight is 359 g/mol. The Hall–Kier alpha value is -0.680. The van der Waals surface area contributed by atoms with Crippen LogP contribution in [0, 0.1) is 5.41 Å². The first-order chi connectivity index (χ1) is 9.45. The van der Waals surface area contributed by atoms with Gasteiger partial charge in [0.1, 0.15) is 5.75 Å². The van der Waals surface area contributed by atoms with Gasteiger partial charge in [0.05, 0.1) is 25.5 Å². The fraction of sp³-hybridized carbons (Fsp3) is 0.533. The minimum absolute atomic E-state index is 0.0873. The number of ether oxygens (including phenoxy) is 2. The first kappa shape index (κ1) is 15.7. The van der Waals surface area contributed by atoms with Gasteiger partial charge in [-0.15, -0.1) is 11.8 Å². The first-order valence-corrected chi connectivity index (χ1v) is 8.20. The molecule has 1 fully saturated rings. The number of hydrogen-bond acceptors (Lipinski definition) is 4. The Morgan fingerprint density at radius 2 is 2.15 bits per heavy atom. The highest BCUT2D eigenvalue weighted by Gasteiger charge is 2.42. The second-order valence-electron chi connectivity index (χ2n) is 5.51. The van der Waals surface area contributed by atoms with Crippen LogP contribution in [0.25, 0.3) is 0 Å². The summed E-state index contributed by atoms with van der Waals surface area (Å²) in [4.78, 5) is 12.5. The summed E-state index contributed by atoms with van der Waals surface area (Å²) in [5, 5.41) is 0.535. The van der Waals surface area contributed by atoms with E-state index in [4.69, 9.17) is 9.47 Å². The van der Waals surface area contributed by atoms with Crippen LogP contribution in [0.2, 0.25) is 0 Å². The lowest BCUT2D eigenvalue weighted by atomic mass is 9.68. The molecule has 0 atom stereocenters.